The zero-order valence-electron chi connectivity index (χ0n) is 8.74. The second-order valence-electron chi connectivity index (χ2n) is 3.20. The Labute approximate surface area is 83.4 Å². The van der Waals surface area contributed by atoms with Crippen LogP contribution in [0.4, 0.5) is 0 Å². The SMILES string of the molecule is COC(=O)CCNC(C)C(C)C(=O)O. The van der Waals surface area contributed by atoms with Gasteiger partial charge in [0.1, 0.15) is 0 Å². The molecule has 5 heteroatoms. The van der Waals surface area contributed by atoms with Gasteiger partial charge >= 0.3 is 11.9 Å². The molecule has 0 radical (unpaired) electrons. The van der Waals surface area contributed by atoms with Gasteiger partial charge in [-0.1, -0.05) is 6.92 Å². The summed E-state index contributed by atoms with van der Waals surface area (Å²) in [5, 5.41) is 11.6. The largest absolute Gasteiger partial charge is 0.481 e. The molecule has 0 spiro atoms. The van der Waals surface area contributed by atoms with Crippen LogP contribution in [0.15, 0.2) is 0 Å². The van der Waals surface area contributed by atoms with Crippen LogP contribution in [0.3, 0.4) is 0 Å². The maximum absolute atomic E-state index is 10.7. The molecule has 0 aliphatic heterocycles. The standard InChI is InChI=1S/C9H17NO4/c1-6(9(12)13)7(2)10-5-4-8(11)14-3/h6-7,10H,4-5H2,1-3H3,(H,12,13). The lowest BCUT2D eigenvalue weighted by atomic mass is 10.0. The fraction of sp³-hybridized carbons (Fsp3) is 0.778. The predicted octanol–water partition coefficient (Wildman–Crippen LogP) is 0.248. The number of carbonyl (C=O) groups is 2. The lowest BCUT2D eigenvalue weighted by Gasteiger charge is -2.17. The highest BCUT2D eigenvalue weighted by molar-refractivity contribution is 5.70. The van der Waals surface area contributed by atoms with E-state index in [-0.39, 0.29) is 18.4 Å². The van der Waals surface area contributed by atoms with Crippen LogP contribution in [0.5, 0.6) is 0 Å². The molecule has 2 N–H and O–H groups in total. The number of ether oxygens (including phenoxy) is 1. The van der Waals surface area contributed by atoms with E-state index in [0.29, 0.717) is 6.54 Å². The van der Waals surface area contributed by atoms with E-state index in [1.165, 1.54) is 7.11 Å². The van der Waals surface area contributed by atoms with Gasteiger partial charge in [-0.2, -0.15) is 0 Å². The van der Waals surface area contributed by atoms with Crippen LogP contribution < -0.4 is 5.32 Å². The Morgan fingerprint density at radius 1 is 1.43 bits per heavy atom. The first-order chi connectivity index (χ1) is 6.49. The van der Waals surface area contributed by atoms with Crippen molar-refractivity contribution in [2.75, 3.05) is 13.7 Å². The van der Waals surface area contributed by atoms with Crippen molar-refractivity contribution >= 4 is 11.9 Å². The highest BCUT2D eigenvalue weighted by atomic mass is 16.5. The monoisotopic (exact) mass is 203 g/mol. The fourth-order valence-corrected chi connectivity index (χ4v) is 0.895. The maximum Gasteiger partial charge on any atom is 0.307 e. The number of aliphatic carboxylic acids is 1. The van der Waals surface area contributed by atoms with Gasteiger partial charge in [-0.3, -0.25) is 9.59 Å². The molecule has 0 aliphatic rings. The Kier molecular flexibility index (Phi) is 5.87. The normalized spacial score (nSPS) is 14.5. The van der Waals surface area contributed by atoms with Crippen molar-refractivity contribution in [2.24, 2.45) is 5.92 Å². The van der Waals surface area contributed by atoms with Crippen LogP contribution in [0, 0.1) is 5.92 Å². The van der Waals surface area contributed by atoms with Crippen LogP contribution in [0.1, 0.15) is 20.3 Å². The molecule has 0 aromatic heterocycles. The molecule has 0 bridgehead atoms. The van der Waals surface area contributed by atoms with Gasteiger partial charge in [-0.05, 0) is 6.92 Å². The molecule has 0 saturated heterocycles. The van der Waals surface area contributed by atoms with E-state index < -0.39 is 11.9 Å². The van der Waals surface area contributed by atoms with Crippen LogP contribution in [0.2, 0.25) is 0 Å². The molecule has 5 nitrogen and oxygen atoms in total. The van der Waals surface area contributed by atoms with Gasteiger partial charge in [0.15, 0.2) is 0 Å². The Bertz CT molecular complexity index is 205. The topological polar surface area (TPSA) is 75.6 Å². The summed E-state index contributed by atoms with van der Waals surface area (Å²) in [4.78, 5) is 21.3. The summed E-state index contributed by atoms with van der Waals surface area (Å²) in [6.07, 6.45) is 0.257. The summed E-state index contributed by atoms with van der Waals surface area (Å²) in [5.41, 5.74) is 0. The molecule has 2 atom stereocenters. The molecule has 0 saturated carbocycles. The molecule has 0 aliphatic carbocycles. The van der Waals surface area contributed by atoms with Gasteiger partial charge in [0.25, 0.3) is 0 Å². The maximum atomic E-state index is 10.7. The minimum absolute atomic E-state index is 0.155. The molecule has 14 heavy (non-hydrogen) atoms. The first kappa shape index (κ1) is 12.9. The van der Waals surface area contributed by atoms with Crippen LogP contribution in [0.25, 0.3) is 0 Å². The fourth-order valence-electron chi connectivity index (χ4n) is 0.895. The van der Waals surface area contributed by atoms with E-state index in [2.05, 4.69) is 10.1 Å². The molecule has 0 amide bonds. The average molecular weight is 203 g/mol. The van der Waals surface area contributed by atoms with Crippen LogP contribution in [-0.4, -0.2) is 36.7 Å². The minimum atomic E-state index is -0.844. The molecule has 2 unspecified atom stereocenters. The first-order valence-corrected chi connectivity index (χ1v) is 4.52. The molecular formula is C9H17NO4. The summed E-state index contributed by atoms with van der Waals surface area (Å²) >= 11 is 0. The van der Waals surface area contributed by atoms with Crippen LogP contribution in [-0.2, 0) is 14.3 Å². The Morgan fingerprint density at radius 2 is 2.00 bits per heavy atom. The lowest BCUT2D eigenvalue weighted by Crippen LogP contribution is -2.37. The second-order valence-corrected chi connectivity index (χ2v) is 3.20. The number of hydrogen-bond donors (Lipinski definition) is 2. The molecule has 82 valence electrons. The van der Waals surface area contributed by atoms with Gasteiger partial charge in [0, 0.05) is 12.6 Å². The summed E-state index contributed by atoms with van der Waals surface area (Å²) < 4.78 is 4.44. The van der Waals surface area contributed by atoms with Gasteiger partial charge in [0.05, 0.1) is 19.4 Å². The van der Waals surface area contributed by atoms with Gasteiger partial charge in [-0.25, -0.2) is 0 Å². The zero-order valence-corrected chi connectivity index (χ0v) is 8.74. The van der Waals surface area contributed by atoms with E-state index in [9.17, 15) is 9.59 Å². The van der Waals surface area contributed by atoms with Gasteiger partial charge in [-0.15, -0.1) is 0 Å². The van der Waals surface area contributed by atoms with Crippen molar-refractivity contribution in [3.63, 3.8) is 0 Å². The van der Waals surface area contributed by atoms with Crippen LogP contribution >= 0.6 is 0 Å². The molecular weight excluding hydrogens is 186 g/mol. The van der Waals surface area contributed by atoms with E-state index in [1.54, 1.807) is 13.8 Å². The molecule has 0 aromatic rings. The third-order valence-corrected chi connectivity index (χ3v) is 2.16. The molecule has 0 aromatic carbocycles. The molecule has 0 fully saturated rings. The Morgan fingerprint density at radius 3 is 2.43 bits per heavy atom. The van der Waals surface area contributed by atoms with E-state index in [0.717, 1.165) is 0 Å². The predicted molar refractivity (Wildman–Crippen MR) is 50.9 cm³/mol. The third-order valence-electron chi connectivity index (χ3n) is 2.16. The summed E-state index contributed by atoms with van der Waals surface area (Å²) in [6.45, 7) is 3.83. The number of hydrogen-bond acceptors (Lipinski definition) is 4. The minimum Gasteiger partial charge on any atom is -0.481 e. The first-order valence-electron chi connectivity index (χ1n) is 4.52. The van der Waals surface area contributed by atoms with E-state index >= 15 is 0 Å². The Hall–Kier alpha value is -1.10. The number of rotatable bonds is 6. The Balaban J connectivity index is 3.68. The van der Waals surface area contributed by atoms with E-state index in [1.807, 2.05) is 0 Å². The van der Waals surface area contributed by atoms with Gasteiger partial charge < -0.3 is 15.2 Å². The quantitative estimate of drug-likeness (QED) is 0.605. The zero-order chi connectivity index (χ0) is 11.1. The average Bonchev–Trinajstić information content (AvgIpc) is 2.15. The lowest BCUT2D eigenvalue weighted by molar-refractivity contribution is -0.141. The molecule has 0 heterocycles. The van der Waals surface area contributed by atoms with Crippen molar-refractivity contribution in [1.82, 2.24) is 5.32 Å². The van der Waals surface area contributed by atoms with Crippen molar-refractivity contribution in [1.29, 1.82) is 0 Å². The number of nitrogens with one attached hydrogen (secondary N) is 1. The van der Waals surface area contributed by atoms with Crippen molar-refractivity contribution < 1.29 is 19.4 Å². The van der Waals surface area contributed by atoms with Crippen molar-refractivity contribution in [2.45, 2.75) is 26.3 Å². The summed E-state index contributed by atoms with van der Waals surface area (Å²) in [5.74, 6) is -1.61. The van der Waals surface area contributed by atoms with E-state index in [4.69, 9.17) is 5.11 Å². The van der Waals surface area contributed by atoms with Crippen molar-refractivity contribution in [3.05, 3.63) is 0 Å². The summed E-state index contributed by atoms with van der Waals surface area (Å²) in [7, 11) is 1.33. The smallest absolute Gasteiger partial charge is 0.307 e. The van der Waals surface area contributed by atoms with Gasteiger partial charge in [0.2, 0.25) is 0 Å². The number of carbonyl (C=O) groups excluding carboxylic acids is 1. The second kappa shape index (κ2) is 6.37. The number of esters is 1. The molecule has 0 rings (SSSR count). The number of carboxylic acids is 1. The number of carboxylic acid groups (broad SMARTS) is 1. The third kappa shape index (κ3) is 4.81. The highest BCUT2D eigenvalue weighted by Crippen LogP contribution is 2.01. The highest BCUT2D eigenvalue weighted by Gasteiger charge is 2.18. The number of methoxy groups -OCH3 is 1. The summed E-state index contributed by atoms with van der Waals surface area (Å²) in [6, 6.07) is -0.155. The van der Waals surface area contributed by atoms with Crippen molar-refractivity contribution in [3.8, 4) is 0 Å².